The van der Waals surface area contributed by atoms with E-state index in [4.69, 9.17) is 5.11 Å². The van der Waals surface area contributed by atoms with Crippen molar-refractivity contribution in [2.24, 2.45) is 0 Å². The largest absolute Gasteiger partial charge is 0.394 e. The van der Waals surface area contributed by atoms with E-state index in [0.29, 0.717) is 5.56 Å². The van der Waals surface area contributed by atoms with Gasteiger partial charge in [-0.1, -0.05) is 6.07 Å². The summed E-state index contributed by atoms with van der Waals surface area (Å²) >= 11 is 2.15. The maximum Gasteiger partial charge on any atom is 0.251 e. The van der Waals surface area contributed by atoms with Gasteiger partial charge < -0.3 is 10.4 Å². The van der Waals surface area contributed by atoms with Gasteiger partial charge in [0.2, 0.25) is 0 Å². The molecule has 4 heteroatoms. The molecule has 0 bridgehead atoms. The summed E-state index contributed by atoms with van der Waals surface area (Å²) in [7, 11) is 0. The van der Waals surface area contributed by atoms with E-state index in [1.165, 1.54) is 0 Å². The summed E-state index contributed by atoms with van der Waals surface area (Å²) in [4.78, 5) is 11.5. The predicted octanol–water partition coefficient (Wildman–Crippen LogP) is 1.40. The van der Waals surface area contributed by atoms with Crippen LogP contribution < -0.4 is 5.32 Å². The minimum atomic E-state index is -0.208. The van der Waals surface area contributed by atoms with Crippen molar-refractivity contribution in [3.63, 3.8) is 0 Å². The number of amides is 1. The first kappa shape index (κ1) is 11.5. The Kier molecular flexibility index (Phi) is 4.34. The Labute approximate surface area is 96.7 Å². The molecule has 14 heavy (non-hydrogen) atoms. The molecule has 0 fully saturated rings. The maximum absolute atomic E-state index is 11.5. The summed E-state index contributed by atoms with van der Waals surface area (Å²) in [5, 5.41) is 11.4. The Morgan fingerprint density at radius 1 is 1.64 bits per heavy atom. The smallest absolute Gasteiger partial charge is 0.251 e. The fraction of sp³-hybridized carbons (Fsp3) is 0.300. The van der Waals surface area contributed by atoms with Crippen molar-refractivity contribution in [2.45, 2.75) is 13.0 Å². The molecule has 1 amide bonds. The summed E-state index contributed by atoms with van der Waals surface area (Å²) < 4.78 is 1.02. The van der Waals surface area contributed by atoms with Gasteiger partial charge in [0.05, 0.1) is 6.61 Å². The minimum Gasteiger partial charge on any atom is -0.394 e. The average molecular weight is 305 g/mol. The molecular formula is C10H12INO2. The second-order valence-corrected chi connectivity index (χ2v) is 4.31. The zero-order valence-electron chi connectivity index (χ0n) is 7.83. The molecule has 0 aliphatic rings. The number of hydrogen-bond acceptors (Lipinski definition) is 2. The molecule has 76 valence electrons. The third-order valence-corrected chi connectivity index (χ3v) is 2.41. The minimum absolute atomic E-state index is 0.0460. The molecule has 0 heterocycles. The van der Waals surface area contributed by atoms with Crippen molar-refractivity contribution in [3.05, 3.63) is 33.4 Å². The van der Waals surface area contributed by atoms with Crippen LogP contribution in [0.15, 0.2) is 24.3 Å². The van der Waals surface area contributed by atoms with Crippen LogP contribution in [0.1, 0.15) is 17.3 Å². The lowest BCUT2D eigenvalue weighted by molar-refractivity contribution is 0.0922. The number of benzene rings is 1. The molecule has 0 saturated carbocycles. The highest BCUT2D eigenvalue weighted by atomic mass is 127. The van der Waals surface area contributed by atoms with Crippen molar-refractivity contribution in [1.29, 1.82) is 0 Å². The Morgan fingerprint density at radius 2 is 2.36 bits per heavy atom. The highest BCUT2D eigenvalue weighted by molar-refractivity contribution is 14.1. The highest BCUT2D eigenvalue weighted by Gasteiger charge is 2.08. The summed E-state index contributed by atoms with van der Waals surface area (Å²) in [6.45, 7) is 1.71. The third-order valence-electron chi connectivity index (χ3n) is 1.74. The van der Waals surface area contributed by atoms with Gasteiger partial charge in [-0.15, -0.1) is 0 Å². The molecule has 1 atom stereocenters. The van der Waals surface area contributed by atoms with Gasteiger partial charge in [0.25, 0.3) is 5.91 Å². The Morgan fingerprint density at radius 3 is 2.93 bits per heavy atom. The van der Waals surface area contributed by atoms with Crippen molar-refractivity contribution in [1.82, 2.24) is 5.32 Å². The molecule has 2 N–H and O–H groups in total. The van der Waals surface area contributed by atoms with Crippen molar-refractivity contribution >= 4 is 28.5 Å². The Balaban J connectivity index is 2.70. The number of aliphatic hydroxyl groups excluding tert-OH is 1. The molecule has 0 aromatic heterocycles. The van der Waals surface area contributed by atoms with Gasteiger partial charge in [0.15, 0.2) is 0 Å². The second kappa shape index (κ2) is 5.31. The molecule has 0 aliphatic carbocycles. The van der Waals surface area contributed by atoms with Crippen LogP contribution in [-0.2, 0) is 0 Å². The van der Waals surface area contributed by atoms with E-state index in [-0.39, 0.29) is 18.6 Å². The zero-order chi connectivity index (χ0) is 10.6. The summed E-state index contributed by atoms with van der Waals surface area (Å²) in [6, 6.07) is 7.11. The number of hydrogen-bond donors (Lipinski definition) is 2. The maximum atomic E-state index is 11.5. The molecule has 1 rings (SSSR count). The van der Waals surface area contributed by atoms with Crippen LogP contribution in [0.2, 0.25) is 0 Å². The number of aliphatic hydroxyl groups is 1. The number of halogens is 1. The number of rotatable bonds is 3. The monoisotopic (exact) mass is 305 g/mol. The SMILES string of the molecule is C[C@H](CO)NC(=O)c1cccc(I)c1. The number of nitrogens with one attached hydrogen (secondary N) is 1. The normalized spacial score (nSPS) is 12.2. The summed E-state index contributed by atoms with van der Waals surface area (Å²) in [5.74, 6) is -0.148. The van der Waals surface area contributed by atoms with Crippen LogP contribution in [0.5, 0.6) is 0 Å². The first-order valence-electron chi connectivity index (χ1n) is 4.30. The topological polar surface area (TPSA) is 49.3 Å². The lowest BCUT2D eigenvalue weighted by Gasteiger charge is -2.10. The Hall–Kier alpha value is -0.620. The van der Waals surface area contributed by atoms with Crippen LogP contribution in [0.3, 0.4) is 0 Å². The van der Waals surface area contributed by atoms with Gasteiger partial charge in [-0.3, -0.25) is 4.79 Å². The molecule has 0 unspecified atom stereocenters. The molecule has 0 spiro atoms. The van der Waals surface area contributed by atoms with Crippen molar-refractivity contribution in [2.75, 3.05) is 6.61 Å². The second-order valence-electron chi connectivity index (χ2n) is 3.07. The fourth-order valence-corrected chi connectivity index (χ4v) is 1.53. The van der Waals surface area contributed by atoms with Gasteiger partial charge in [-0.2, -0.15) is 0 Å². The third kappa shape index (κ3) is 3.26. The van der Waals surface area contributed by atoms with Crippen LogP contribution in [-0.4, -0.2) is 23.7 Å². The molecular weight excluding hydrogens is 293 g/mol. The zero-order valence-corrected chi connectivity index (χ0v) is 9.98. The quantitative estimate of drug-likeness (QED) is 0.830. The lowest BCUT2D eigenvalue weighted by Crippen LogP contribution is -2.34. The van der Waals surface area contributed by atoms with E-state index in [0.717, 1.165) is 3.57 Å². The lowest BCUT2D eigenvalue weighted by atomic mass is 10.2. The van der Waals surface area contributed by atoms with Crippen molar-refractivity contribution in [3.8, 4) is 0 Å². The molecule has 1 aromatic rings. The van der Waals surface area contributed by atoms with Gasteiger partial charge in [-0.05, 0) is 47.7 Å². The van der Waals surface area contributed by atoms with E-state index in [9.17, 15) is 4.79 Å². The highest BCUT2D eigenvalue weighted by Crippen LogP contribution is 2.07. The van der Waals surface area contributed by atoms with E-state index in [1.807, 2.05) is 12.1 Å². The molecule has 3 nitrogen and oxygen atoms in total. The molecule has 0 aliphatic heterocycles. The van der Waals surface area contributed by atoms with Gasteiger partial charge in [0.1, 0.15) is 0 Å². The molecule has 0 saturated heterocycles. The van der Waals surface area contributed by atoms with E-state index in [1.54, 1.807) is 19.1 Å². The van der Waals surface area contributed by atoms with Crippen LogP contribution in [0.4, 0.5) is 0 Å². The van der Waals surface area contributed by atoms with E-state index >= 15 is 0 Å². The average Bonchev–Trinajstić information content (AvgIpc) is 2.17. The standard InChI is InChI=1S/C10H12INO2/c1-7(6-13)12-10(14)8-3-2-4-9(11)5-8/h2-5,7,13H,6H2,1H3,(H,12,14)/t7-/m1/s1. The van der Waals surface area contributed by atoms with E-state index in [2.05, 4.69) is 27.9 Å². The van der Waals surface area contributed by atoms with Crippen LogP contribution in [0, 0.1) is 3.57 Å². The van der Waals surface area contributed by atoms with E-state index < -0.39 is 0 Å². The Bertz CT molecular complexity index is 328. The molecule has 0 radical (unpaired) electrons. The molecule has 1 aromatic carbocycles. The first-order chi connectivity index (χ1) is 6.63. The van der Waals surface area contributed by atoms with Crippen molar-refractivity contribution < 1.29 is 9.90 Å². The predicted molar refractivity (Wildman–Crippen MR) is 63.2 cm³/mol. The number of carbonyl (C=O) groups excluding carboxylic acids is 1. The first-order valence-corrected chi connectivity index (χ1v) is 5.38. The van der Waals surface area contributed by atoms with Crippen LogP contribution in [0.25, 0.3) is 0 Å². The van der Waals surface area contributed by atoms with Gasteiger partial charge in [0, 0.05) is 15.2 Å². The summed E-state index contributed by atoms with van der Waals surface area (Å²) in [5.41, 5.74) is 0.622. The summed E-state index contributed by atoms with van der Waals surface area (Å²) in [6.07, 6.45) is 0. The van der Waals surface area contributed by atoms with Gasteiger partial charge >= 0.3 is 0 Å². The number of carbonyl (C=O) groups is 1. The van der Waals surface area contributed by atoms with Gasteiger partial charge in [-0.25, -0.2) is 0 Å². The van der Waals surface area contributed by atoms with Crippen LogP contribution >= 0.6 is 22.6 Å². The fourth-order valence-electron chi connectivity index (χ4n) is 0.982.